The summed E-state index contributed by atoms with van der Waals surface area (Å²) >= 11 is 1.66. The first kappa shape index (κ1) is 15.4. The summed E-state index contributed by atoms with van der Waals surface area (Å²) in [6.45, 7) is 4.19. The molecule has 2 aromatic carbocycles. The fourth-order valence-electron chi connectivity index (χ4n) is 2.36. The van der Waals surface area contributed by atoms with Crippen LogP contribution in [0.1, 0.15) is 18.1 Å². The highest BCUT2D eigenvalue weighted by atomic mass is 32.1. The van der Waals surface area contributed by atoms with E-state index in [4.69, 9.17) is 4.98 Å². The van der Waals surface area contributed by atoms with Crippen molar-refractivity contribution < 1.29 is 4.79 Å². The first-order chi connectivity index (χ1) is 11.1. The minimum atomic E-state index is -0.0172. The fourth-order valence-corrected chi connectivity index (χ4v) is 3.28. The molecule has 0 saturated heterocycles. The van der Waals surface area contributed by atoms with Gasteiger partial charge in [-0.3, -0.25) is 4.79 Å². The summed E-state index contributed by atoms with van der Waals surface area (Å²) in [5.41, 5.74) is 5.58. The molecule has 116 valence electrons. The largest absolute Gasteiger partial charge is 0.352 e. The van der Waals surface area contributed by atoms with Gasteiger partial charge in [-0.05, 0) is 18.1 Å². The van der Waals surface area contributed by atoms with Crippen molar-refractivity contribution in [1.29, 1.82) is 0 Å². The summed E-state index contributed by atoms with van der Waals surface area (Å²) in [5, 5.41) is 5.93. The van der Waals surface area contributed by atoms with Crippen molar-refractivity contribution in [2.75, 3.05) is 0 Å². The molecular formula is C19H18N2OS. The molecule has 0 radical (unpaired) electrons. The van der Waals surface area contributed by atoms with Crippen LogP contribution in [0.25, 0.3) is 21.8 Å². The summed E-state index contributed by atoms with van der Waals surface area (Å²) in [6, 6.07) is 16.4. The fraction of sp³-hybridized carbons (Fsp3) is 0.158. The molecule has 1 N–H and O–H groups in total. The molecule has 1 heterocycles. The van der Waals surface area contributed by atoms with Gasteiger partial charge in [-0.25, -0.2) is 4.98 Å². The molecule has 0 aliphatic heterocycles. The van der Waals surface area contributed by atoms with Gasteiger partial charge in [-0.2, -0.15) is 0 Å². The average molecular weight is 322 g/mol. The third-order valence-electron chi connectivity index (χ3n) is 3.67. The minimum absolute atomic E-state index is 0.0172. The Balaban J connectivity index is 1.80. The summed E-state index contributed by atoms with van der Waals surface area (Å²) in [7, 11) is 0. The zero-order chi connectivity index (χ0) is 16.2. The van der Waals surface area contributed by atoms with Crippen LogP contribution in [-0.4, -0.2) is 10.9 Å². The van der Waals surface area contributed by atoms with Gasteiger partial charge >= 0.3 is 0 Å². The lowest BCUT2D eigenvalue weighted by Crippen LogP contribution is -2.18. The summed E-state index contributed by atoms with van der Waals surface area (Å²) in [5.74, 6) is -0.0172. The van der Waals surface area contributed by atoms with Gasteiger partial charge in [0, 0.05) is 30.0 Å². The topological polar surface area (TPSA) is 42.0 Å². The van der Waals surface area contributed by atoms with Crippen molar-refractivity contribution in [2.24, 2.45) is 0 Å². The number of amides is 1. The summed E-state index contributed by atoms with van der Waals surface area (Å²) < 4.78 is 0. The van der Waals surface area contributed by atoms with E-state index < -0.39 is 0 Å². The Morgan fingerprint density at radius 2 is 1.87 bits per heavy atom. The average Bonchev–Trinajstić information content (AvgIpc) is 3.03. The van der Waals surface area contributed by atoms with Gasteiger partial charge in [0.05, 0.1) is 5.69 Å². The van der Waals surface area contributed by atoms with Crippen molar-refractivity contribution in [1.82, 2.24) is 10.3 Å². The van der Waals surface area contributed by atoms with Gasteiger partial charge in [0.15, 0.2) is 0 Å². The van der Waals surface area contributed by atoms with E-state index in [0.29, 0.717) is 6.54 Å². The van der Waals surface area contributed by atoms with Crippen molar-refractivity contribution in [2.45, 2.75) is 20.4 Å². The summed E-state index contributed by atoms with van der Waals surface area (Å²) in [6.07, 6.45) is 0. The van der Waals surface area contributed by atoms with Crippen molar-refractivity contribution in [3.8, 4) is 21.8 Å². The predicted molar refractivity (Wildman–Crippen MR) is 95.2 cm³/mol. The highest BCUT2D eigenvalue weighted by molar-refractivity contribution is 7.13. The Hall–Kier alpha value is -2.46. The third kappa shape index (κ3) is 3.66. The highest BCUT2D eigenvalue weighted by Gasteiger charge is 2.08. The number of carbonyl (C=O) groups excluding carboxylic acids is 1. The second kappa shape index (κ2) is 6.75. The van der Waals surface area contributed by atoms with Crippen LogP contribution in [0.3, 0.4) is 0 Å². The lowest BCUT2D eigenvalue weighted by molar-refractivity contribution is -0.119. The number of nitrogens with zero attached hydrogens (tertiary/aromatic N) is 1. The Bertz CT molecular complexity index is 821. The van der Waals surface area contributed by atoms with E-state index in [1.165, 1.54) is 18.1 Å². The maximum Gasteiger partial charge on any atom is 0.217 e. The molecule has 0 aliphatic carbocycles. The number of carbonyl (C=O) groups is 1. The Labute approximate surface area is 140 Å². The van der Waals surface area contributed by atoms with E-state index in [-0.39, 0.29) is 5.91 Å². The van der Waals surface area contributed by atoms with E-state index in [9.17, 15) is 4.79 Å². The van der Waals surface area contributed by atoms with E-state index in [0.717, 1.165) is 21.8 Å². The van der Waals surface area contributed by atoms with Crippen LogP contribution in [0, 0.1) is 6.92 Å². The Morgan fingerprint density at radius 3 is 2.57 bits per heavy atom. The van der Waals surface area contributed by atoms with E-state index in [2.05, 4.69) is 29.8 Å². The first-order valence-corrected chi connectivity index (χ1v) is 8.37. The smallest absolute Gasteiger partial charge is 0.217 e. The Morgan fingerprint density at radius 1 is 1.13 bits per heavy atom. The number of aryl methyl sites for hydroxylation is 1. The molecule has 0 fully saturated rings. The van der Waals surface area contributed by atoms with Crippen LogP contribution >= 0.6 is 11.3 Å². The molecule has 1 aromatic heterocycles. The van der Waals surface area contributed by atoms with Gasteiger partial charge in [0.2, 0.25) is 5.91 Å². The molecule has 3 rings (SSSR count). The van der Waals surface area contributed by atoms with Crippen LogP contribution in [0.4, 0.5) is 0 Å². The molecule has 0 saturated carbocycles. The monoisotopic (exact) mass is 322 g/mol. The molecule has 3 nitrogen and oxygen atoms in total. The molecule has 3 aromatic rings. The van der Waals surface area contributed by atoms with Crippen molar-refractivity contribution in [3.63, 3.8) is 0 Å². The second-order valence-corrected chi connectivity index (χ2v) is 6.32. The quantitative estimate of drug-likeness (QED) is 0.772. The molecule has 4 heteroatoms. The van der Waals surface area contributed by atoms with Crippen LogP contribution in [0.2, 0.25) is 0 Å². The molecule has 0 spiro atoms. The van der Waals surface area contributed by atoms with Crippen LogP contribution in [-0.2, 0) is 11.3 Å². The van der Waals surface area contributed by atoms with Crippen LogP contribution in [0.5, 0.6) is 0 Å². The molecular weight excluding hydrogens is 304 g/mol. The molecule has 0 aliphatic rings. The molecule has 0 unspecified atom stereocenters. The van der Waals surface area contributed by atoms with E-state index in [1.807, 2.05) is 36.4 Å². The number of hydrogen-bond acceptors (Lipinski definition) is 3. The number of aromatic nitrogens is 1. The first-order valence-electron chi connectivity index (χ1n) is 7.49. The lowest BCUT2D eigenvalue weighted by Gasteiger charge is -2.03. The van der Waals surface area contributed by atoms with Crippen LogP contribution < -0.4 is 5.32 Å². The number of benzene rings is 2. The molecule has 0 bridgehead atoms. The molecule has 0 atom stereocenters. The minimum Gasteiger partial charge on any atom is -0.352 e. The standard InChI is InChI=1S/C19H18N2OS/c1-13-5-3-4-6-17(13)19-21-18(12-23-19)16-9-7-15(8-10-16)11-20-14(2)22/h3-10,12H,11H2,1-2H3,(H,20,22). The van der Waals surface area contributed by atoms with Gasteiger partial charge < -0.3 is 5.32 Å². The molecule has 23 heavy (non-hydrogen) atoms. The van der Waals surface area contributed by atoms with E-state index >= 15 is 0 Å². The van der Waals surface area contributed by atoms with Crippen molar-refractivity contribution >= 4 is 17.2 Å². The third-order valence-corrected chi connectivity index (χ3v) is 4.55. The maximum absolute atomic E-state index is 11.0. The number of thiazole rings is 1. The van der Waals surface area contributed by atoms with Gasteiger partial charge in [-0.15, -0.1) is 11.3 Å². The van der Waals surface area contributed by atoms with Gasteiger partial charge in [0.1, 0.15) is 5.01 Å². The SMILES string of the molecule is CC(=O)NCc1ccc(-c2csc(-c3ccccc3C)n2)cc1. The normalized spacial score (nSPS) is 10.5. The predicted octanol–water partition coefficient (Wildman–Crippen LogP) is 4.42. The van der Waals surface area contributed by atoms with Gasteiger partial charge in [-0.1, -0.05) is 48.5 Å². The van der Waals surface area contributed by atoms with Crippen molar-refractivity contribution in [3.05, 3.63) is 65.0 Å². The summed E-state index contributed by atoms with van der Waals surface area (Å²) in [4.78, 5) is 15.7. The second-order valence-electron chi connectivity index (χ2n) is 5.46. The zero-order valence-electron chi connectivity index (χ0n) is 13.2. The molecule has 1 amide bonds. The number of hydrogen-bond donors (Lipinski definition) is 1. The number of rotatable bonds is 4. The van der Waals surface area contributed by atoms with Gasteiger partial charge in [0.25, 0.3) is 0 Å². The lowest BCUT2D eigenvalue weighted by atomic mass is 10.1. The maximum atomic E-state index is 11.0. The Kier molecular flexibility index (Phi) is 4.53. The highest BCUT2D eigenvalue weighted by Crippen LogP contribution is 2.30. The zero-order valence-corrected chi connectivity index (χ0v) is 14.0. The van der Waals surface area contributed by atoms with E-state index in [1.54, 1.807) is 11.3 Å². The van der Waals surface area contributed by atoms with Crippen LogP contribution in [0.15, 0.2) is 53.9 Å². The number of nitrogens with one attached hydrogen (secondary N) is 1.